The first-order chi connectivity index (χ1) is 8.61. The van der Waals surface area contributed by atoms with Crippen LogP contribution in [0, 0.1) is 0 Å². The Labute approximate surface area is 118 Å². The third kappa shape index (κ3) is 3.05. The van der Waals surface area contributed by atoms with Crippen molar-refractivity contribution < 1.29 is 5.11 Å². The predicted octanol–water partition coefficient (Wildman–Crippen LogP) is 2.47. The summed E-state index contributed by atoms with van der Waals surface area (Å²) in [5.41, 5.74) is 2.13. The van der Waals surface area contributed by atoms with E-state index < -0.39 is 0 Å². The SMILES string of the molecule is CN(CC1CCCN1C)c1ccc(CO)cc1Br. The van der Waals surface area contributed by atoms with Gasteiger partial charge < -0.3 is 14.9 Å². The van der Waals surface area contributed by atoms with E-state index in [1.54, 1.807) is 0 Å². The number of aliphatic hydroxyl groups is 1. The molecular weight excluding hydrogens is 292 g/mol. The number of nitrogens with zero attached hydrogens (tertiary/aromatic N) is 2. The minimum absolute atomic E-state index is 0.0912. The third-order valence-electron chi connectivity index (χ3n) is 3.76. The first-order valence-electron chi connectivity index (χ1n) is 6.42. The van der Waals surface area contributed by atoms with Crippen LogP contribution in [0.25, 0.3) is 0 Å². The van der Waals surface area contributed by atoms with Crippen molar-refractivity contribution in [1.29, 1.82) is 0 Å². The number of likely N-dealkylation sites (tertiary alicyclic amines) is 1. The molecule has 1 atom stereocenters. The van der Waals surface area contributed by atoms with E-state index in [1.807, 2.05) is 12.1 Å². The summed E-state index contributed by atoms with van der Waals surface area (Å²) in [5, 5.41) is 9.11. The zero-order valence-corrected chi connectivity index (χ0v) is 12.7. The second-order valence-corrected chi connectivity index (χ2v) is 5.96. The summed E-state index contributed by atoms with van der Waals surface area (Å²) >= 11 is 3.59. The Morgan fingerprint density at radius 3 is 2.83 bits per heavy atom. The monoisotopic (exact) mass is 312 g/mol. The minimum atomic E-state index is 0.0912. The normalized spacial score (nSPS) is 20.3. The molecule has 1 N–H and O–H groups in total. The van der Waals surface area contributed by atoms with Gasteiger partial charge in [0.25, 0.3) is 0 Å². The van der Waals surface area contributed by atoms with Gasteiger partial charge in [-0.15, -0.1) is 0 Å². The van der Waals surface area contributed by atoms with Crippen molar-refractivity contribution in [2.45, 2.75) is 25.5 Å². The number of likely N-dealkylation sites (N-methyl/N-ethyl adjacent to an activating group) is 2. The molecule has 1 fully saturated rings. The fraction of sp³-hybridized carbons (Fsp3) is 0.571. The molecule has 0 bridgehead atoms. The zero-order chi connectivity index (χ0) is 13.1. The van der Waals surface area contributed by atoms with E-state index in [0.717, 1.165) is 16.6 Å². The highest BCUT2D eigenvalue weighted by Gasteiger charge is 2.22. The molecule has 3 nitrogen and oxygen atoms in total. The van der Waals surface area contributed by atoms with Crippen LogP contribution >= 0.6 is 15.9 Å². The van der Waals surface area contributed by atoms with Crippen LogP contribution in [-0.2, 0) is 6.61 Å². The molecule has 2 rings (SSSR count). The van der Waals surface area contributed by atoms with Crippen LogP contribution in [0.15, 0.2) is 22.7 Å². The van der Waals surface area contributed by atoms with Crippen molar-refractivity contribution in [3.8, 4) is 0 Å². The van der Waals surface area contributed by atoms with Crippen LogP contribution in [0.5, 0.6) is 0 Å². The van der Waals surface area contributed by atoms with Gasteiger partial charge in [0.1, 0.15) is 0 Å². The van der Waals surface area contributed by atoms with Crippen LogP contribution < -0.4 is 4.90 Å². The number of benzene rings is 1. The van der Waals surface area contributed by atoms with E-state index in [2.05, 4.69) is 45.9 Å². The molecular formula is C14H21BrN2O. The number of anilines is 1. The van der Waals surface area contributed by atoms with E-state index in [4.69, 9.17) is 5.11 Å². The van der Waals surface area contributed by atoms with Gasteiger partial charge in [0.15, 0.2) is 0 Å². The van der Waals surface area contributed by atoms with Crippen LogP contribution in [0.2, 0.25) is 0 Å². The summed E-state index contributed by atoms with van der Waals surface area (Å²) in [6.45, 7) is 2.35. The lowest BCUT2D eigenvalue weighted by atomic mass is 10.1. The molecule has 100 valence electrons. The van der Waals surface area contributed by atoms with Crippen molar-refractivity contribution in [2.75, 3.05) is 32.1 Å². The van der Waals surface area contributed by atoms with Gasteiger partial charge in [-0.05, 0) is 60.1 Å². The Hall–Kier alpha value is -0.580. The molecule has 1 saturated heterocycles. The summed E-state index contributed by atoms with van der Waals surface area (Å²) in [6, 6.07) is 6.70. The molecule has 0 amide bonds. The third-order valence-corrected chi connectivity index (χ3v) is 4.40. The largest absolute Gasteiger partial charge is 0.392 e. The van der Waals surface area contributed by atoms with Gasteiger partial charge in [-0.25, -0.2) is 0 Å². The summed E-state index contributed by atoms with van der Waals surface area (Å²) in [5.74, 6) is 0. The molecule has 1 aromatic carbocycles. The smallest absolute Gasteiger partial charge is 0.0682 e. The highest BCUT2D eigenvalue weighted by atomic mass is 79.9. The maximum Gasteiger partial charge on any atom is 0.0682 e. The lowest BCUT2D eigenvalue weighted by Crippen LogP contribution is -2.36. The molecule has 0 spiro atoms. The first-order valence-corrected chi connectivity index (χ1v) is 7.21. The van der Waals surface area contributed by atoms with Crippen molar-refractivity contribution in [1.82, 2.24) is 4.90 Å². The van der Waals surface area contributed by atoms with E-state index in [9.17, 15) is 0 Å². The predicted molar refractivity (Wildman–Crippen MR) is 79.0 cm³/mol. The molecule has 1 aliphatic rings. The number of rotatable bonds is 4. The van der Waals surface area contributed by atoms with Crippen LogP contribution in [-0.4, -0.2) is 43.2 Å². The Bertz CT molecular complexity index is 411. The van der Waals surface area contributed by atoms with E-state index in [-0.39, 0.29) is 6.61 Å². The average molecular weight is 313 g/mol. The maximum atomic E-state index is 9.11. The number of hydrogen-bond acceptors (Lipinski definition) is 3. The van der Waals surface area contributed by atoms with Crippen molar-refractivity contribution in [3.05, 3.63) is 28.2 Å². The number of halogens is 1. The van der Waals surface area contributed by atoms with E-state index >= 15 is 0 Å². The van der Waals surface area contributed by atoms with Gasteiger partial charge in [0, 0.05) is 24.1 Å². The van der Waals surface area contributed by atoms with Crippen molar-refractivity contribution in [2.24, 2.45) is 0 Å². The molecule has 0 aliphatic carbocycles. The van der Waals surface area contributed by atoms with Gasteiger partial charge in [-0.3, -0.25) is 0 Å². The van der Waals surface area contributed by atoms with Crippen LogP contribution in [0.4, 0.5) is 5.69 Å². The van der Waals surface area contributed by atoms with Gasteiger partial charge in [0.2, 0.25) is 0 Å². The Kier molecular flexibility index (Phi) is 4.65. The fourth-order valence-corrected chi connectivity index (χ4v) is 3.31. The van der Waals surface area contributed by atoms with E-state index in [1.165, 1.54) is 25.1 Å². The second kappa shape index (κ2) is 6.04. The number of hydrogen-bond donors (Lipinski definition) is 1. The first kappa shape index (κ1) is 13.8. The molecule has 1 aromatic rings. The maximum absolute atomic E-state index is 9.11. The standard InChI is InChI=1S/C14H21BrN2O/c1-16-7-3-4-12(16)9-17(2)14-6-5-11(10-18)8-13(14)15/h5-6,8,12,18H,3-4,7,9-10H2,1-2H3. The Morgan fingerprint density at radius 2 is 2.28 bits per heavy atom. The van der Waals surface area contributed by atoms with Crippen LogP contribution in [0.3, 0.4) is 0 Å². The van der Waals surface area contributed by atoms with Crippen molar-refractivity contribution in [3.63, 3.8) is 0 Å². The molecule has 1 aliphatic heterocycles. The minimum Gasteiger partial charge on any atom is -0.392 e. The van der Waals surface area contributed by atoms with Crippen LogP contribution in [0.1, 0.15) is 18.4 Å². The average Bonchev–Trinajstić information content (AvgIpc) is 2.74. The van der Waals surface area contributed by atoms with E-state index in [0.29, 0.717) is 6.04 Å². The van der Waals surface area contributed by atoms with Gasteiger partial charge >= 0.3 is 0 Å². The second-order valence-electron chi connectivity index (χ2n) is 5.10. The van der Waals surface area contributed by atoms with Crippen molar-refractivity contribution >= 4 is 21.6 Å². The highest BCUT2D eigenvalue weighted by molar-refractivity contribution is 9.10. The lowest BCUT2D eigenvalue weighted by molar-refractivity contribution is 0.282. The highest BCUT2D eigenvalue weighted by Crippen LogP contribution is 2.28. The van der Waals surface area contributed by atoms with Gasteiger partial charge in [-0.1, -0.05) is 6.07 Å². The quantitative estimate of drug-likeness (QED) is 0.925. The Balaban J connectivity index is 2.06. The summed E-state index contributed by atoms with van der Waals surface area (Å²) in [6.07, 6.45) is 2.59. The molecule has 1 unspecified atom stereocenters. The summed E-state index contributed by atoms with van der Waals surface area (Å²) in [7, 11) is 4.33. The zero-order valence-electron chi connectivity index (χ0n) is 11.1. The molecule has 0 radical (unpaired) electrons. The topological polar surface area (TPSA) is 26.7 Å². The Morgan fingerprint density at radius 1 is 1.50 bits per heavy atom. The van der Waals surface area contributed by atoms with Gasteiger partial charge in [0.05, 0.1) is 12.3 Å². The molecule has 0 aromatic heterocycles. The molecule has 0 saturated carbocycles. The molecule has 18 heavy (non-hydrogen) atoms. The molecule has 4 heteroatoms. The summed E-state index contributed by atoms with van der Waals surface area (Å²) < 4.78 is 1.05. The fourth-order valence-electron chi connectivity index (χ4n) is 2.58. The number of aliphatic hydroxyl groups excluding tert-OH is 1. The summed E-state index contributed by atoms with van der Waals surface area (Å²) in [4.78, 5) is 4.73. The molecule has 1 heterocycles. The van der Waals surface area contributed by atoms with Gasteiger partial charge in [-0.2, -0.15) is 0 Å². The lowest BCUT2D eigenvalue weighted by Gasteiger charge is -2.28.